The maximum Gasteiger partial charge on any atom is 0.371 e. The van der Waals surface area contributed by atoms with Crippen LogP contribution in [0.3, 0.4) is 0 Å². The Balaban J connectivity index is 2.71. The Kier molecular flexibility index (Phi) is 3.72. The van der Waals surface area contributed by atoms with Crippen LogP contribution in [-0.4, -0.2) is 28.3 Å². The van der Waals surface area contributed by atoms with E-state index in [1.54, 1.807) is 6.92 Å². The fraction of sp³-hybridized carbons (Fsp3) is 0.545. The van der Waals surface area contributed by atoms with Crippen molar-refractivity contribution in [2.24, 2.45) is 0 Å². The Bertz CT molecular complexity index is 381. The number of nitrogens with one attached hydrogen (secondary N) is 1. The van der Waals surface area contributed by atoms with Crippen molar-refractivity contribution in [2.45, 2.75) is 32.9 Å². The van der Waals surface area contributed by atoms with Gasteiger partial charge in [0.25, 0.3) is 0 Å². The molecule has 0 amide bonds. The van der Waals surface area contributed by atoms with Crippen molar-refractivity contribution in [1.82, 2.24) is 5.32 Å². The van der Waals surface area contributed by atoms with Gasteiger partial charge >= 0.3 is 5.97 Å². The molecule has 3 N–H and O–H groups in total. The first-order valence-electron chi connectivity index (χ1n) is 5.04. The minimum Gasteiger partial charge on any atom is -0.475 e. The highest BCUT2D eigenvalue weighted by Crippen LogP contribution is 2.15. The van der Waals surface area contributed by atoms with Crippen molar-refractivity contribution >= 4 is 5.97 Å². The van der Waals surface area contributed by atoms with Gasteiger partial charge in [0.15, 0.2) is 0 Å². The standard InChI is InChI=1S/C11H17NO4/c1-7-8(4-9(16-7)10(14)15)5-12-11(2,3)6-13/h4,12-13H,5-6H2,1-3H3,(H,14,15). The quantitative estimate of drug-likeness (QED) is 0.702. The second kappa shape index (κ2) is 4.67. The molecule has 0 saturated carbocycles. The second-order valence-corrected chi connectivity index (χ2v) is 4.39. The molecular weight excluding hydrogens is 210 g/mol. The zero-order valence-corrected chi connectivity index (χ0v) is 9.70. The van der Waals surface area contributed by atoms with E-state index in [1.165, 1.54) is 6.07 Å². The zero-order valence-electron chi connectivity index (χ0n) is 9.70. The van der Waals surface area contributed by atoms with Gasteiger partial charge in [0.2, 0.25) is 5.76 Å². The second-order valence-electron chi connectivity index (χ2n) is 4.39. The van der Waals surface area contributed by atoms with Gasteiger partial charge in [-0.15, -0.1) is 0 Å². The van der Waals surface area contributed by atoms with Crippen LogP contribution in [0.1, 0.15) is 35.7 Å². The number of hydrogen-bond acceptors (Lipinski definition) is 4. The summed E-state index contributed by atoms with van der Waals surface area (Å²) in [5, 5.41) is 20.9. The van der Waals surface area contributed by atoms with Crippen molar-refractivity contribution in [3.8, 4) is 0 Å². The third-order valence-corrected chi connectivity index (χ3v) is 2.38. The number of rotatable bonds is 5. The van der Waals surface area contributed by atoms with E-state index in [0.717, 1.165) is 5.56 Å². The van der Waals surface area contributed by atoms with E-state index in [-0.39, 0.29) is 12.4 Å². The molecule has 0 unspecified atom stereocenters. The smallest absolute Gasteiger partial charge is 0.371 e. The van der Waals surface area contributed by atoms with Crippen LogP contribution in [0.5, 0.6) is 0 Å². The fourth-order valence-corrected chi connectivity index (χ4v) is 1.19. The van der Waals surface area contributed by atoms with E-state index in [1.807, 2.05) is 13.8 Å². The number of hydrogen-bond donors (Lipinski definition) is 3. The molecule has 0 aliphatic heterocycles. The maximum atomic E-state index is 10.7. The monoisotopic (exact) mass is 227 g/mol. The summed E-state index contributed by atoms with van der Waals surface area (Å²) < 4.78 is 5.07. The molecule has 5 heteroatoms. The third-order valence-electron chi connectivity index (χ3n) is 2.38. The molecule has 0 fully saturated rings. The Labute approximate surface area is 94.1 Å². The number of carboxylic acid groups (broad SMARTS) is 1. The van der Waals surface area contributed by atoms with Crippen molar-refractivity contribution in [3.63, 3.8) is 0 Å². The summed E-state index contributed by atoms with van der Waals surface area (Å²) in [5.74, 6) is -0.550. The van der Waals surface area contributed by atoms with Gasteiger partial charge < -0.3 is 19.9 Å². The summed E-state index contributed by atoms with van der Waals surface area (Å²) in [4.78, 5) is 10.7. The largest absolute Gasteiger partial charge is 0.475 e. The van der Waals surface area contributed by atoms with Crippen LogP contribution in [0, 0.1) is 6.92 Å². The first kappa shape index (κ1) is 12.7. The molecule has 1 aromatic rings. The molecule has 1 aromatic heterocycles. The van der Waals surface area contributed by atoms with E-state index in [2.05, 4.69) is 5.32 Å². The van der Waals surface area contributed by atoms with Crippen LogP contribution in [0.4, 0.5) is 0 Å². The van der Waals surface area contributed by atoms with E-state index in [4.69, 9.17) is 14.6 Å². The average Bonchev–Trinajstić information content (AvgIpc) is 2.57. The predicted octanol–water partition coefficient (Wildman–Crippen LogP) is 1.15. The molecule has 0 spiro atoms. The summed E-state index contributed by atoms with van der Waals surface area (Å²) in [7, 11) is 0. The summed E-state index contributed by atoms with van der Waals surface area (Å²) >= 11 is 0. The number of carboxylic acids is 1. The Morgan fingerprint density at radius 2 is 2.19 bits per heavy atom. The summed E-state index contributed by atoms with van der Waals surface area (Å²) in [6, 6.07) is 1.50. The van der Waals surface area contributed by atoms with E-state index < -0.39 is 11.5 Å². The van der Waals surface area contributed by atoms with Gasteiger partial charge in [0.1, 0.15) is 5.76 Å². The highest BCUT2D eigenvalue weighted by Gasteiger charge is 2.18. The number of aliphatic hydroxyl groups is 1. The van der Waals surface area contributed by atoms with Gasteiger partial charge in [-0.25, -0.2) is 4.79 Å². The lowest BCUT2D eigenvalue weighted by Gasteiger charge is -2.23. The van der Waals surface area contributed by atoms with Crippen LogP contribution >= 0.6 is 0 Å². The van der Waals surface area contributed by atoms with Crippen LogP contribution in [0.2, 0.25) is 0 Å². The van der Waals surface area contributed by atoms with E-state index in [0.29, 0.717) is 12.3 Å². The van der Waals surface area contributed by atoms with Gasteiger partial charge in [0.05, 0.1) is 6.61 Å². The molecule has 0 aromatic carbocycles. The highest BCUT2D eigenvalue weighted by atomic mass is 16.4. The van der Waals surface area contributed by atoms with Gasteiger partial charge in [-0.1, -0.05) is 0 Å². The van der Waals surface area contributed by atoms with Crippen LogP contribution < -0.4 is 5.32 Å². The number of aryl methyl sites for hydroxylation is 1. The van der Waals surface area contributed by atoms with Gasteiger partial charge in [-0.2, -0.15) is 0 Å². The number of aliphatic hydroxyl groups excluding tert-OH is 1. The minimum absolute atomic E-state index is 0.00961. The predicted molar refractivity (Wildman–Crippen MR) is 58.4 cm³/mol. The van der Waals surface area contributed by atoms with Crippen molar-refractivity contribution < 1.29 is 19.4 Å². The van der Waals surface area contributed by atoms with Gasteiger partial charge in [0, 0.05) is 17.6 Å². The third kappa shape index (κ3) is 3.08. The molecule has 16 heavy (non-hydrogen) atoms. The number of carbonyl (C=O) groups is 1. The minimum atomic E-state index is -1.07. The molecule has 90 valence electrons. The van der Waals surface area contributed by atoms with Gasteiger partial charge in [-0.3, -0.25) is 0 Å². The van der Waals surface area contributed by atoms with E-state index >= 15 is 0 Å². The van der Waals surface area contributed by atoms with Crippen molar-refractivity contribution in [2.75, 3.05) is 6.61 Å². The Morgan fingerprint density at radius 3 is 2.62 bits per heavy atom. The van der Waals surface area contributed by atoms with Crippen LogP contribution in [0.15, 0.2) is 10.5 Å². The lowest BCUT2D eigenvalue weighted by molar-refractivity contribution is 0.0661. The lowest BCUT2D eigenvalue weighted by Crippen LogP contribution is -2.42. The molecule has 0 atom stereocenters. The summed E-state index contributed by atoms with van der Waals surface area (Å²) in [6.45, 7) is 5.92. The average molecular weight is 227 g/mol. The number of aromatic carboxylic acids is 1. The van der Waals surface area contributed by atoms with Crippen LogP contribution in [-0.2, 0) is 6.54 Å². The zero-order chi connectivity index (χ0) is 12.3. The molecule has 0 saturated heterocycles. The van der Waals surface area contributed by atoms with Crippen molar-refractivity contribution in [1.29, 1.82) is 0 Å². The van der Waals surface area contributed by atoms with E-state index in [9.17, 15) is 4.79 Å². The van der Waals surface area contributed by atoms with Crippen LogP contribution in [0.25, 0.3) is 0 Å². The molecular formula is C11H17NO4. The molecule has 0 aliphatic rings. The topological polar surface area (TPSA) is 82.7 Å². The fourth-order valence-electron chi connectivity index (χ4n) is 1.19. The SMILES string of the molecule is Cc1oc(C(=O)O)cc1CNC(C)(C)CO. The van der Waals surface area contributed by atoms with Crippen molar-refractivity contribution in [3.05, 3.63) is 23.2 Å². The number of furan rings is 1. The molecule has 1 heterocycles. The molecule has 0 bridgehead atoms. The first-order valence-corrected chi connectivity index (χ1v) is 5.04. The molecule has 0 aliphatic carbocycles. The Hall–Kier alpha value is -1.33. The maximum absolute atomic E-state index is 10.7. The summed E-state index contributed by atoms with van der Waals surface area (Å²) in [5.41, 5.74) is 0.395. The molecule has 1 rings (SSSR count). The normalized spacial score (nSPS) is 11.8. The highest BCUT2D eigenvalue weighted by molar-refractivity contribution is 5.84. The Morgan fingerprint density at radius 1 is 1.56 bits per heavy atom. The molecule has 5 nitrogen and oxygen atoms in total. The lowest BCUT2D eigenvalue weighted by atomic mass is 10.1. The first-order chi connectivity index (χ1) is 7.35. The van der Waals surface area contributed by atoms with Gasteiger partial charge in [-0.05, 0) is 26.8 Å². The summed E-state index contributed by atoms with van der Waals surface area (Å²) in [6.07, 6.45) is 0. The molecule has 0 radical (unpaired) electrons.